The van der Waals surface area contributed by atoms with E-state index in [2.05, 4.69) is 9.47 Å². The highest BCUT2D eigenvalue weighted by atomic mass is 19.4. The van der Waals surface area contributed by atoms with E-state index in [9.17, 15) is 70.2 Å². The minimum absolute atomic E-state index is 0.141. The van der Waals surface area contributed by atoms with Gasteiger partial charge in [0.1, 0.15) is 0 Å². The van der Waals surface area contributed by atoms with Crippen LogP contribution in [0.2, 0.25) is 0 Å². The van der Waals surface area contributed by atoms with Crippen LogP contribution in [0.4, 0.5) is 70.2 Å². The Balaban J connectivity index is 5.45. The van der Waals surface area contributed by atoms with Crippen molar-refractivity contribution in [1.29, 1.82) is 0 Å². The van der Waals surface area contributed by atoms with Crippen molar-refractivity contribution in [2.24, 2.45) is 0 Å². The summed E-state index contributed by atoms with van der Waals surface area (Å²) in [6.07, 6.45) is -35.5. The summed E-state index contributed by atoms with van der Waals surface area (Å²) in [7, 11) is 0. The molecule has 0 N–H and O–H groups in total. The van der Waals surface area contributed by atoms with Gasteiger partial charge in [0.2, 0.25) is 0 Å². The molecule has 0 aromatic rings. The molecule has 0 amide bonds. The van der Waals surface area contributed by atoms with Gasteiger partial charge in [-0.25, -0.2) is 13.9 Å². The molecule has 0 heterocycles. The fourth-order valence-electron chi connectivity index (χ4n) is 1.53. The maximum Gasteiger partial charge on any atom is 0.460 e. The zero-order valence-corrected chi connectivity index (χ0v) is 15.6. The predicted molar refractivity (Wildman–Crippen MR) is 72.8 cm³/mol. The van der Waals surface area contributed by atoms with E-state index in [1.807, 2.05) is 0 Å². The van der Waals surface area contributed by atoms with Crippen molar-refractivity contribution in [2.45, 2.75) is 68.4 Å². The third-order valence-corrected chi connectivity index (χ3v) is 3.16. The molecule has 0 spiro atoms. The van der Waals surface area contributed by atoms with E-state index in [0.29, 0.717) is 6.26 Å². The van der Waals surface area contributed by atoms with Crippen LogP contribution >= 0.6 is 0 Å². The van der Waals surface area contributed by atoms with Crippen LogP contribution in [0, 0.1) is 0 Å². The maximum absolute atomic E-state index is 13.2. The molecular weight excluding hydrogens is 520 g/mol. The fraction of sp³-hybridized carbons (Fsp3) is 0.857. The summed E-state index contributed by atoms with van der Waals surface area (Å²) in [4.78, 5) is 0. The summed E-state index contributed by atoms with van der Waals surface area (Å²) in [6, 6.07) is 0. The minimum Gasteiger partial charge on any atom is -0.492 e. The normalized spacial score (nSPS) is 16.4. The molecule has 19 heteroatoms. The monoisotopic (exact) mass is 532 g/mol. The molecule has 0 saturated heterocycles. The summed E-state index contributed by atoms with van der Waals surface area (Å²) in [6.45, 7) is -1.25. The van der Waals surface area contributed by atoms with Crippen LogP contribution in [0.25, 0.3) is 0 Å². The smallest absolute Gasteiger partial charge is 0.460 e. The van der Waals surface area contributed by atoms with E-state index in [0.717, 1.165) is 13.0 Å². The van der Waals surface area contributed by atoms with Crippen molar-refractivity contribution in [3.8, 4) is 0 Å². The van der Waals surface area contributed by atoms with Gasteiger partial charge in [0, 0.05) is 0 Å². The van der Waals surface area contributed by atoms with Crippen LogP contribution in [0.15, 0.2) is 12.3 Å². The first-order chi connectivity index (χ1) is 14.3. The lowest BCUT2D eigenvalue weighted by molar-refractivity contribution is -0.542. The molecule has 0 fully saturated rings. The van der Waals surface area contributed by atoms with Crippen LogP contribution in [0.1, 0.15) is 19.8 Å². The zero-order valence-electron chi connectivity index (χ0n) is 15.6. The zero-order chi connectivity index (χ0) is 26.7. The Morgan fingerprint density at radius 2 is 1.12 bits per heavy atom. The first-order valence-electron chi connectivity index (χ1n) is 7.97. The summed E-state index contributed by atoms with van der Waals surface area (Å²) in [5, 5.41) is 0. The number of allylic oxidation sites excluding steroid dienone is 1. The van der Waals surface area contributed by atoms with Crippen LogP contribution in [-0.4, -0.2) is 55.2 Å². The maximum atomic E-state index is 13.2. The summed E-state index contributed by atoms with van der Waals surface area (Å²) < 4.78 is 211. The third-order valence-electron chi connectivity index (χ3n) is 3.16. The van der Waals surface area contributed by atoms with Crippen LogP contribution in [-0.2, 0) is 14.2 Å². The lowest BCUT2D eigenvalue weighted by Crippen LogP contribution is -2.64. The number of halogens is 16. The van der Waals surface area contributed by atoms with Crippen molar-refractivity contribution >= 4 is 0 Å². The van der Waals surface area contributed by atoms with Crippen molar-refractivity contribution in [3.63, 3.8) is 0 Å². The lowest BCUT2D eigenvalue weighted by atomic mass is 10.1. The molecule has 1 unspecified atom stereocenters. The highest BCUT2D eigenvalue weighted by Crippen LogP contribution is 2.55. The minimum atomic E-state index is -7.91. The average Bonchev–Trinajstić information content (AvgIpc) is 2.54. The Labute approximate surface area is 173 Å². The molecule has 33 heavy (non-hydrogen) atoms. The van der Waals surface area contributed by atoms with Crippen molar-refractivity contribution in [3.05, 3.63) is 12.3 Å². The Morgan fingerprint density at radius 1 is 0.667 bits per heavy atom. The molecule has 0 rings (SSSR count). The van der Waals surface area contributed by atoms with Crippen LogP contribution in [0.3, 0.4) is 0 Å². The van der Waals surface area contributed by atoms with Crippen molar-refractivity contribution < 1.29 is 84.5 Å². The van der Waals surface area contributed by atoms with E-state index in [-0.39, 0.29) is 12.8 Å². The molecule has 0 aliphatic rings. The van der Waals surface area contributed by atoms with Gasteiger partial charge in [-0.1, -0.05) is 0 Å². The topological polar surface area (TPSA) is 27.7 Å². The molecule has 0 bridgehead atoms. The number of hydrogen-bond acceptors (Lipinski definition) is 3. The van der Waals surface area contributed by atoms with Crippen molar-refractivity contribution in [2.75, 3.05) is 6.61 Å². The summed E-state index contributed by atoms with van der Waals surface area (Å²) in [5.41, 5.74) is 0. The van der Waals surface area contributed by atoms with Gasteiger partial charge in [-0.2, -0.15) is 65.9 Å². The number of hydrogen-bond donors (Lipinski definition) is 0. The molecular formula is C14H12F16O3. The van der Waals surface area contributed by atoms with Gasteiger partial charge in [-0.05, 0) is 25.8 Å². The highest BCUT2D eigenvalue weighted by Gasteiger charge is 2.85. The molecule has 0 aromatic carbocycles. The molecule has 0 radical (unpaired) electrons. The first kappa shape index (κ1) is 31.3. The molecule has 0 aliphatic heterocycles. The lowest BCUT2D eigenvalue weighted by Gasteiger charge is -2.36. The average molecular weight is 532 g/mol. The Kier molecular flexibility index (Phi) is 9.41. The Morgan fingerprint density at radius 3 is 1.55 bits per heavy atom. The second kappa shape index (κ2) is 9.91. The van der Waals surface area contributed by atoms with Gasteiger partial charge in [-0.15, -0.1) is 0 Å². The Hall–Kier alpha value is -1.66. The standard InChI is InChI=1S/C14H12F16O3/c1-7(15)4-2-3-5-31-6-8(16,17)32-13(27,28)14(29,30)33-12(25,26)10(20,21)9(18,19)11(22,23)24/h3,5,7H,2,4,6H2,1H3. The molecule has 0 aromatic heterocycles. The van der Waals surface area contributed by atoms with Crippen molar-refractivity contribution in [1.82, 2.24) is 0 Å². The highest BCUT2D eigenvalue weighted by molar-refractivity contribution is 4.97. The van der Waals surface area contributed by atoms with Crippen LogP contribution in [0.5, 0.6) is 0 Å². The van der Waals surface area contributed by atoms with Gasteiger partial charge < -0.3 is 4.74 Å². The van der Waals surface area contributed by atoms with Crippen LogP contribution < -0.4 is 0 Å². The van der Waals surface area contributed by atoms with Gasteiger partial charge in [0.15, 0.2) is 6.61 Å². The number of ether oxygens (including phenoxy) is 3. The second-order valence-corrected chi connectivity index (χ2v) is 6.08. The summed E-state index contributed by atoms with van der Waals surface area (Å²) in [5.74, 6) is -15.7. The summed E-state index contributed by atoms with van der Waals surface area (Å²) >= 11 is 0. The second-order valence-electron chi connectivity index (χ2n) is 6.08. The van der Waals surface area contributed by atoms with E-state index >= 15 is 0 Å². The van der Waals surface area contributed by atoms with E-state index < -0.39 is 55.2 Å². The Bertz CT molecular complexity index is 655. The molecule has 0 aliphatic carbocycles. The predicted octanol–water partition coefficient (Wildman–Crippen LogP) is 6.89. The van der Waals surface area contributed by atoms with Gasteiger partial charge in [-0.3, -0.25) is 0 Å². The van der Waals surface area contributed by atoms with Gasteiger partial charge in [0.25, 0.3) is 0 Å². The van der Waals surface area contributed by atoms with Gasteiger partial charge in [0.05, 0.1) is 12.4 Å². The van der Waals surface area contributed by atoms with E-state index in [1.54, 1.807) is 0 Å². The molecule has 0 saturated carbocycles. The molecule has 1 atom stereocenters. The third kappa shape index (κ3) is 7.68. The van der Waals surface area contributed by atoms with E-state index in [1.165, 1.54) is 4.74 Å². The van der Waals surface area contributed by atoms with E-state index in [4.69, 9.17) is 0 Å². The quantitative estimate of drug-likeness (QED) is 0.191. The number of alkyl halides is 16. The van der Waals surface area contributed by atoms with Gasteiger partial charge >= 0.3 is 42.5 Å². The molecule has 3 nitrogen and oxygen atoms in total. The fourth-order valence-corrected chi connectivity index (χ4v) is 1.53. The number of rotatable bonds is 13. The largest absolute Gasteiger partial charge is 0.492 e. The molecule has 198 valence electrons. The first-order valence-corrected chi connectivity index (χ1v) is 7.97. The SMILES string of the molecule is CC(F)CCC=COCC(F)(F)OC(F)(F)C(F)(F)OC(F)(F)C(F)(F)C(F)(F)C(F)(F)F.